The lowest BCUT2D eigenvalue weighted by Crippen LogP contribution is -2.11. The lowest BCUT2D eigenvalue weighted by molar-refractivity contribution is 0.0692. The first kappa shape index (κ1) is 19.5. The van der Waals surface area contributed by atoms with Crippen molar-refractivity contribution in [2.75, 3.05) is 0 Å². The number of carboxylic acids is 1. The van der Waals surface area contributed by atoms with Crippen LogP contribution in [-0.2, 0) is 9.84 Å². The average Bonchev–Trinajstić information content (AvgIpc) is 2.67. The molecular formula is C22H17FO4S. The van der Waals surface area contributed by atoms with Gasteiger partial charge in [0.25, 0.3) is 0 Å². The van der Waals surface area contributed by atoms with Crippen molar-refractivity contribution >= 4 is 28.0 Å². The number of carbonyl (C=O) groups is 1. The number of aromatic carboxylic acids is 1. The zero-order chi connectivity index (χ0) is 20.3. The van der Waals surface area contributed by atoms with Crippen LogP contribution in [0, 0.1) is 12.7 Å². The number of sulfone groups is 1. The molecule has 142 valence electrons. The molecule has 0 fully saturated rings. The van der Waals surface area contributed by atoms with Gasteiger partial charge in [-0.05, 0) is 53.9 Å². The van der Waals surface area contributed by atoms with Crippen molar-refractivity contribution in [2.24, 2.45) is 0 Å². The summed E-state index contributed by atoms with van der Waals surface area (Å²) in [7, 11) is -3.98. The SMILES string of the molecule is Cc1cccc(C(=O)O)c1S(=O)(=O)c1ccc(/C=C/c2ccc(F)cc2)cc1. The fraction of sp³-hybridized carbons (Fsp3) is 0.0455. The van der Waals surface area contributed by atoms with Crippen molar-refractivity contribution in [3.05, 3.63) is 94.8 Å². The Kier molecular flexibility index (Phi) is 5.42. The number of aryl methyl sites for hydroxylation is 1. The van der Waals surface area contributed by atoms with Crippen molar-refractivity contribution in [1.29, 1.82) is 0 Å². The van der Waals surface area contributed by atoms with Gasteiger partial charge in [0.1, 0.15) is 5.82 Å². The standard InChI is InChI=1S/C22H17FO4S/c1-15-3-2-4-20(22(24)25)21(15)28(26,27)19-13-9-17(10-14-19)6-5-16-7-11-18(23)12-8-16/h2-14H,1H3,(H,24,25)/b6-5+. The monoisotopic (exact) mass is 396 g/mol. The summed E-state index contributed by atoms with van der Waals surface area (Å²) in [6.45, 7) is 1.57. The van der Waals surface area contributed by atoms with Crippen LogP contribution in [0.3, 0.4) is 0 Å². The molecule has 3 rings (SSSR count). The normalized spacial score (nSPS) is 11.6. The molecule has 0 aliphatic carbocycles. The Balaban J connectivity index is 1.93. The van der Waals surface area contributed by atoms with Crippen LogP contribution in [0.1, 0.15) is 27.0 Å². The smallest absolute Gasteiger partial charge is 0.337 e. The van der Waals surface area contributed by atoms with Gasteiger partial charge >= 0.3 is 5.97 Å². The van der Waals surface area contributed by atoms with Gasteiger partial charge < -0.3 is 5.11 Å². The van der Waals surface area contributed by atoms with E-state index in [9.17, 15) is 22.7 Å². The van der Waals surface area contributed by atoms with E-state index in [0.717, 1.165) is 11.1 Å². The summed E-state index contributed by atoms with van der Waals surface area (Å²) in [4.78, 5) is 11.3. The van der Waals surface area contributed by atoms with Crippen molar-refractivity contribution in [2.45, 2.75) is 16.7 Å². The van der Waals surface area contributed by atoms with Gasteiger partial charge in [-0.15, -0.1) is 0 Å². The Labute approximate surface area is 162 Å². The van der Waals surface area contributed by atoms with Gasteiger partial charge in [-0.1, -0.05) is 48.6 Å². The molecule has 3 aromatic rings. The molecule has 0 heterocycles. The second kappa shape index (κ2) is 7.78. The van der Waals surface area contributed by atoms with E-state index in [2.05, 4.69) is 0 Å². The molecule has 3 aromatic carbocycles. The van der Waals surface area contributed by atoms with Crippen LogP contribution in [0.5, 0.6) is 0 Å². The van der Waals surface area contributed by atoms with Crippen molar-refractivity contribution in [3.8, 4) is 0 Å². The Hall–Kier alpha value is -3.25. The van der Waals surface area contributed by atoms with Crippen LogP contribution in [0.4, 0.5) is 4.39 Å². The van der Waals surface area contributed by atoms with Crippen LogP contribution in [-0.4, -0.2) is 19.5 Å². The van der Waals surface area contributed by atoms with Gasteiger partial charge in [-0.3, -0.25) is 0 Å². The Bertz CT molecular complexity index is 1150. The molecule has 0 aliphatic rings. The summed E-state index contributed by atoms with van der Waals surface area (Å²) >= 11 is 0. The number of halogens is 1. The topological polar surface area (TPSA) is 71.4 Å². The van der Waals surface area contributed by atoms with E-state index in [0.29, 0.717) is 5.56 Å². The first-order chi connectivity index (χ1) is 13.3. The second-order valence-electron chi connectivity index (χ2n) is 6.21. The van der Waals surface area contributed by atoms with E-state index < -0.39 is 15.8 Å². The number of hydrogen-bond donors (Lipinski definition) is 1. The van der Waals surface area contributed by atoms with E-state index in [1.54, 1.807) is 49.4 Å². The maximum atomic E-state index is 13.0. The van der Waals surface area contributed by atoms with Gasteiger partial charge in [-0.25, -0.2) is 17.6 Å². The lowest BCUT2D eigenvalue weighted by atomic mass is 10.1. The third-order valence-electron chi connectivity index (χ3n) is 4.24. The molecule has 0 atom stereocenters. The lowest BCUT2D eigenvalue weighted by Gasteiger charge is -2.11. The maximum absolute atomic E-state index is 13.0. The van der Waals surface area contributed by atoms with Crippen LogP contribution in [0.25, 0.3) is 12.2 Å². The number of hydrogen-bond acceptors (Lipinski definition) is 3. The van der Waals surface area contributed by atoms with E-state index in [1.807, 2.05) is 0 Å². The highest BCUT2D eigenvalue weighted by Crippen LogP contribution is 2.28. The molecule has 0 aliphatic heterocycles. The molecule has 1 N–H and O–H groups in total. The minimum absolute atomic E-state index is 0.0169. The molecule has 0 spiro atoms. The van der Waals surface area contributed by atoms with Gasteiger partial charge in [0.2, 0.25) is 9.84 Å². The van der Waals surface area contributed by atoms with Gasteiger partial charge in [0, 0.05) is 0 Å². The molecule has 4 nitrogen and oxygen atoms in total. The van der Waals surface area contributed by atoms with Crippen molar-refractivity contribution in [3.63, 3.8) is 0 Å². The quantitative estimate of drug-likeness (QED) is 0.627. The summed E-state index contributed by atoms with van der Waals surface area (Å²) in [5.41, 5.74) is 1.69. The highest BCUT2D eigenvalue weighted by Gasteiger charge is 2.26. The molecular weight excluding hydrogens is 379 g/mol. The van der Waals surface area contributed by atoms with Gasteiger partial charge in [0.05, 0.1) is 15.4 Å². The van der Waals surface area contributed by atoms with Crippen LogP contribution in [0.15, 0.2) is 76.5 Å². The van der Waals surface area contributed by atoms with Gasteiger partial charge in [0.15, 0.2) is 0 Å². The summed E-state index contributed by atoms with van der Waals surface area (Å²) in [6, 6.07) is 16.5. The summed E-state index contributed by atoms with van der Waals surface area (Å²) in [6.07, 6.45) is 3.56. The zero-order valence-electron chi connectivity index (χ0n) is 15.0. The number of benzene rings is 3. The molecule has 0 saturated carbocycles. The van der Waals surface area contributed by atoms with Crippen molar-refractivity contribution in [1.82, 2.24) is 0 Å². The average molecular weight is 396 g/mol. The fourth-order valence-corrected chi connectivity index (χ4v) is 4.49. The largest absolute Gasteiger partial charge is 0.478 e. The molecule has 0 radical (unpaired) electrons. The zero-order valence-corrected chi connectivity index (χ0v) is 15.8. The summed E-state index contributed by atoms with van der Waals surface area (Å²) < 4.78 is 38.9. The van der Waals surface area contributed by atoms with Gasteiger partial charge in [-0.2, -0.15) is 0 Å². The predicted molar refractivity (Wildman–Crippen MR) is 105 cm³/mol. The maximum Gasteiger partial charge on any atom is 0.337 e. The Morgan fingerprint density at radius 2 is 1.43 bits per heavy atom. The molecule has 0 amide bonds. The molecule has 6 heteroatoms. The highest BCUT2D eigenvalue weighted by atomic mass is 32.2. The van der Waals surface area contributed by atoms with E-state index in [1.165, 1.54) is 36.4 Å². The van der Waals surface area contributed by atoms with E-state index in [4.69, 9.17) is 0 Å². The summed E-state index contributed by atoms with van der Waals surface area (Å²) in [5.74, 6) is -1.61. The van der Waals surface area contributed by atoms with Crippen LogP contribution in [0.2, 0.25) is 0 Å². The summed E-state index contributed by atoms with van der Waals surface area (Å²) in [5, 5.41) is 9.34. The van der Waals surface area contributed by atoms with Crippen LogP contribution >= 0.6 is 0 Å². The molecule has 0 unspecified atom stereocenters. The Morgan fingerprint density at radius 3 is 1.96 bits per heavy atom. The number of rotatable bonds is 5. The van der Waals surface area contributed by atoms with Crippen molar-refractivity contribution < 1.29 is 22.7 Å². The third-order valence-corrected chi connectivity index (χ3v) is 6.21. The molecule has 0 saturated heterocycles. The minimum atomic E-state index is -3.98. The predicted octanol–water partition coefficient (Wildman–Crippen LogP) is 4.84. The fourth-order valence-electron chi connectivity index (χ4n) is 2.82. The first-order valence-corrected chi connectivity index (χ1v) is 9.89. The molecule has 0 aromatic heterocycles. The minimum Gasteiger partial charge on any atom is -0.478 e. The Morgan fingerprint density at radius 1 is 0.893 bits per heavy atom. The molecule has 28 heavy (non-hydrogen) atoms. The van der Waals surface area contributed by atoms with E-state index in [-0.39, 0.29) is 21.2 Å². The third kappa shape index (κ3) is 4.02. The van der Waals surface area contributed by atoms with Crippen LogP contribution < -0.4 is 0 Å². The highest BCUT2D eigenvalue weighted by molar-refractivity contribution is 7.91. The molecule has 0 bridgehead atoms. The second-order valence-corrected chi connectivity index (χ2v) is 8.10. The first-order valence-electron chi connectivity index (χ1n) is 8.41. The van der Waals surface area contributed by atoms with E-state index >= 15 is 0 Å². The number of carboxylic acid groups (broad SMARTS) is 1.